The quantitative estimate of drug-likeness (QED) is 0.695. The van der Waals surface area contributed by atoms with E-state index in [1.165, 1.54) is 12.8 Å². The summed E-state index contributed by atoms with van der Waals surface area (Å²) in [6, 6.07) is 0. The smallest absolute Gasteiger partial charge is 0.306 e. The molecule has 13 heavy (non-hydrogen) atoms. The summed E-state index contributed by atoms with van der Waals surface area (Å²) in [4.78, 5) is 11.0. The van der Waals surface area contributed by atoms with Gasteiger partial charge < -0.3 is 4.74 Å². The van der Waals surface area contributed by atoms with Gasteiger partial charge >= 0.3 is 5.97 Å². The summed E-state index contributed by atoms with van der Waals surface area (Å²) in [5.41, 5.74) is 0. The van der Waals surface area contributed by atoms with Crippen LogP contribution in [-0.2, 0) is 9.53 Å². The molecule has 0 spiro atoms. The van der Waals surface area contributed by atoms with Crippen molar-refractivity contribution in [2.45, 2.75) is 51.6 Å². The molecule has 0 aromatic heterocycles. The lowest BCUT2D eigenvalue weighted by Crippen LogP contribution is -2.13. The lowest BCUT2D eigenvalue weighted by molar-refractivity contribution is -0.148. The summed E-state index contributed by atoms with van der Waals surface area (Å²) in [7, 11) is 0. The first kappa shape index (κ1) is 15.5. The Balaban J connectivity index is 0. The molecule has 0 amide bonds. The fraction of sp³-hybridized carbons (Fsp3) is 0.889. The highest BCUT2D eigenvalue weighted by molar-refractivity contribution is 5.85. The van der Waals surface area contributed by atoms with Gasteiger partial charge in [0.1, 0.15) is 6.10 Å². The van der Waals surface area contributed by atoms with Crippen LogP contribution in [0.5, 0.6) is 0 Å². The van der Waals surface area contributed by atoms with E-state index in [1.54, 1.807) is 0 Å². The molecule has 0 bridgehead atoms. The Morgan fingerprint density at radius 3 is 2.31 bits per heavy atom. The number of esters is 1. The highest BCUT2D eigenvalue weighted by Crippen LogP contribution is 2.21. The molecule has 0 aromatic carbocycles. The average molecular weight is 229 g/mol. The van der Waals surface area contributed by atoms with Crippen molar-refractivity contribution < 1.29 is 9.53 Å². The highest BCUT2D eigenvalue weighted by Gasteiger charge is 2.18. The van der Waals surface area contributed by atoms with Crippen molar-refractivity contribution in [3.63, 3.8) is 0 Å². The van der Waals surface area contributed by atoms with Crippen LogP contribution in [0.3, 0.4) is 0 Å². The van der Waals surface area contributed by atoms with E-state index in [9.17, 15) is 4.79 Å². The van der Waals surface area contributed by atoms with E-state index in [0.29, 0.717) is 6.42 Å². The summed E-state index contributed by atoms with van der Waals surface area (Å²) in [5, 5.41) is 0. The first-order chi connectivity index (χ1) is 5.33. The topological polar surface area (TPSA) is 26.3 Å². The maximum atomic E-state index is 11.0. The highest BCUT2D eigenvalue weighted by atomic mass is 35.5. The summed E-state index contributed by atoms with van der Waals surface area (Å²) < 4.78 is 5.21. The van der Waals surface area contributed by atoms with Crippen LogP contribution in [0, 0.1) is 0 Å². The van der Waals surface area contributed by atoms with Gasteiger partial charge in [0.05, 0.1) is 0 Å². The summed E-state index contributed by atoms with van der Waals surface area (Å²) in [6.07, 6.45) is 6.33. The Kier molecular flexibility index (Phi) is 10.3. The Hall–Kier alpha value is 0.0500. The molecule has 1 aliphatic carbocycles. The van der Waals surface area contributed by atoms with Gasteiger partial charge in [0.25, 0.3) is 0 Å². The molecule has 2 nitrogen and oxygen atoms in total. The van der Waals surface area contributed by atoms with Gasteiger partial charge in [-0.15, -0.1) is 24.8 Å². The number of hydrogen-bond acceptors (Lipinski definition) is 2. The second kappa shape index (κ2) is 8.64. The molecule has 0 unspecified atom stereocenters. The van der Waals surface area contributed by atoms with Crippen molar-refractivity contribution in [3.8, 4) is 0 Å². The third kappa shape index (κ3) is 6.17. The van der Waals surface area contributed by atoms with Gasteiger partial charge in [-0.05, 0) is 32.1 Å². The fourth-order valence-corrected chi connectivity index (χ4v) is 1.46. The normalized spacial score (nSPS) is 15.8. The van der Waals surface area contributed by atoms with E-state index in [0.717, 1.165) is 19.3 Å². The Morgan fingerprint density at radius 1 is 1.31 bits per heavy atom. The van der Waals surface area contributed by atoms with Gasteiger partial charge in [-0.1, -0.05) is 6.92 Å². The molecule has 1 aliphatic rings. The molecule has 0 atom stereocenters. The fourth-order valence-electron chi connectivity index (χ4n) is 1.46. The summed E-state index contributed by atoms with van der Waals surface area (Å²) >= 11 is 0. The molecule has 1 fully saturated rings. The SMILES string of the molecule is CCCC(=O)OC1CCCC1.Cl.Cl. The summed E-state index contributed by atoms with van der Waals surface area (Å²) in [6.45, 7) is 2.00. The van der Waals surface area contributed by atoms with Crippen LogP contribution in [-0.4, -0.2) is 12.1 Å². The van der Waals surface area contributed by atoms with Crippen LogP contribution in [0.4, 0.5) is 0 Å². The molecule has 4 heteroatoms. The predicted molar refractivity (Wildman–Crippen MR) is 57.8 cm³/mol. The van der Waals surface area contributed by atoms with Crippen LogP contribution in [0.2, 0.25) is 0 Å². The molecule has 0 radical (unpaired) electrons. The van der Waals surface area contributed by atoms with Gasteiger partial charge in [-0.2, -0.15) is 0 Å². The molecule has 1 saturated carbocycles. The summed E-state index contributed by atoms with van der Waals surface area (Å²) in [5.74, 6) is -0.0144. The van der Waals surface area contributed by atoms with Crippen LogP contribution >= 0.6 is 24.8 Å². The zero-order valence-electron chi connectivity index (χ0n) is 7.95. The zero-order chi connectivity index (χ0) is 8.10. The van der Waals surface area contributed by atoms with Gasteiger partial charge in [0, 0.05) is 6.42 Å². The standard InChI is InChI=1S/C9H16O2.2ClH/c1-2-5-9(10)11-8-6-3-4-7-8;;/h8H,2-7H2,1H3;2*1H. The minimum atomic E-state index is -0.0144. The van der Waals surface area contributed by atoms with E-state index in [1.807, 2.05) is 6.92 Å². The largest absolute Gasteiger partial charge is 0.462 e. The Morgan fingerprint density at radius 2 is 1.85 bits per heavy atom. The maximum absolute atomic E-state index is 11.0. The first-order valence-corrected chi connectivity index (χ1v) is 4.52. The molecular weight excluding hydrogens is 211 g/mol. The Bertz CT molecular complexity index is 134. The lowest BCUT2D eigenvalue weighted by atomic mass is 10.3. The van der Waals surface area contributed by atoms with Crippen molar-refractivity contribution >= 4 is 30.8 Å². The van der Waals surface area contributed by atoms with Crippen molar-refractivity contribution in [1.82, 2.24) is 0 Å². The van der Waals surface area contributed by atoms with Crippen molar-refractivity contribution in [3.05, 3.63) is 0 Å². The molecule has 0 heterocycles. The van der Waals surface area contributed by atoms with Crippen molar-refractivity contribution in [2.75, 3.05) is 0 Å². The molecule has 0 N–H and O–H groups in total. The Labute approximate surface area is 92.2 Å². The molecule has 0 aromatic rings. The van der Waals surface area contributed by atoms with Gasteiger partial charge in [0.15, 0.2) is 0 Å². The average Bonchev–Trinajstić information content (AvgIpc) is 2.40. The van der Waals surface area contributed by atoms with Crippen LogP contribution in [0.1, 0.15) is 45.4 Å². The van der Waals surface area contributed by atoms with Crippen molar-refractivity contribution in [1.29, 1.82) is 0 Å². The second-order valence-electron chi connectivity index (χ2n) is 3.15. The van der Waals surface area contributed by atoms with E-state index < -0.39 is 0 Å². The second-order valence-corrected chi connectivity index (χ2v) is 3.15. The number of carbonyl (C=O) groups excluding carboxylic acids is 1. The monoisotopic (exact) mass is 228 g/mol. The third-order valence-corrected chi connectivity index (χ3v) is 2.05. The predicted octanol–water partition coefficient (Wildman–Crippen LogP) is 3.12. The van der Waals surface area contributed by atoms with Gasteiger partial charge in [0.2, 0.25) is 0 Å². The van der Waals surface area contributed by atoms with E-state index in [4.69, 9.17) is 4.74 Å². The van der Waals surface area contributed by atoms with Crippen LogP contribution < -0.4 is 0 Å². The van der Waals surface area contributed by atoms with E-state index in [-0.39, 0.29) is 36.9 Å². The molecule has 80 valence electrons. The molecule has 0 saturated heterocycles. The molecule has 0 aliphatic heterocycles. The third-order valence-electron chi connectivity index (χ3n) is 2.05. The number of rotatable bonds is 3. The maximum Gasteiger partial charge on any atom is 0.306 e. The lowest BCUT2D eigenvalue weighted by Gasteiger charge is -2.09. The minimum absolute atomic E-state index is 0. The van der Waals surface area contributed by atoms with Crippen molar-refractivity contribution in [2.24, 2.45) is 0 Å². The minimum Gasteiger partial charge on any atom is -0.462 e. The first-order valence-electron chi connectivity index (χ1n) is 4.52. The molecular formula is C9H18Cl2O2. The van der Waals surface area contributed by atoms with Crippen LogP contribution in [0.15, 0.2) is 0 Å². The number of halogens is 2. The number of ether oxygens (including phenoxy) is 1. The van der Waals surface area contributed by atoms with E-state index >= 15 is 0 Å². The number of hydrogen-bond donors (Lipinski definition) is 0. The van der Waals surface area contributed by atoms with Gasteiger partial charge in [-0.3, -0.25) is 4.79 Å². The molecule has 1 rings (SSSR count). The number of carbonyl (C=O) groups is 1. The van der Waals surface area contributed by atoms with Crippen LogP contribution in [0.25, 0.3) is 0 Å². The zero-order valence-corrected chi connectivity index (χ0v) is 9.59. The van der Waals surface area contributed by atoms with Gasteiger partial charge in [-0.25, -0.2) is 0 Å². The van der Waals surface area contributed by atoms with E-state index in [2.05, 4.69) is 0 Å².